The molecular formula is C15H20N2. The molecule has 0 heterocycles. The number of hydrogen-bond donors (Lipinski definition) is 2. The Morgan fingerprint density at radius 2 is 1.00 bits per heavy atom. The molecule has 0 saturated carbocycles. The van der Waals surface area contributed by atoms with Crippen molar-refractivity contribution in [2.24, 2.45) is 0 Å². The number of anilines is 2. The highest BCUT2D eigenvalue weighted by molar-refractivity contribution is 5.36. The predicted octanol–water partition coefficient (Wildman–Crippen LogP) is 3.73. The van der Waals surface area contributed by atoms with Crippen molar-refractivity contribution >= 4 is 11.4 Å². The molecule has 0 aromatic heterocycles. The van der Waals surface area contributed by atoms with E-state index < -0.39 is 0 Å². The molecule has 2 rings (SSSR count). The Labute approximate surface area is 104 Å². The minimum absolute atomic E-state index is 0.822. The molecule has 0 spiro atoms. The molecule has 2 nitrogen and oxygen atoms in total. The molecule has 0 fully saturated rings. The Morgan fingerprint density at radius 1 is 0.765 bits per heavy atom. The van der Waals surface area contributed by atoms with Crippen molar-refractivity contribution < 1.29 is 0 Å². The van der Waals surface area contributed by atoms with Gasteiger partial charge in [0.25, 0.3) is 0 Å². The van der Waals surface area contributed by atoms with Gasteiger partial charge in [-0.3, -0.25) is 0 Å². The summed E-state index contributed by atoms with van der Waals surface area (Å²) in [7, 11) is 0. The lowest BCUT2D eigenvalue weighted by molar-refractivity contribution is 1.69. The van der Waals surface area contributed by atoms with Gasteiger partial charge in [-0.2, -0.15) is 0 Å². The maximum absolute atomic E-state index is 5.36. The maximum Gasteiger partial charge on any atom is 0.0313 e. The van der Waals surface area contributed by atoms with Crippen molar-refractivity contribution in [3.63, 3.8) is 0 Å². The molecule has 0 radical (unpaired) electrons. The zero-order valence-corrected chi connectivity index (χ0v) is 10.2. The number of nitrogens with two attached hydrogens (primary N) is 2. The standard InChI is InChI=1S/2C6H7N.C3H6/c2*7-6-4-2-1-3-5-6;1-3-2/h2*1-5H,7H2;3H,1H2,2H3. The van der Waals surface area contributed by atoms with Crippen molar-refractivity contribution in [1.82, 2.24) is 0 Å². The third-order valence-electron chi connectivity index (χ3n) is 1.60. The molecule has 90 valence electrons. The smallest absolute Gasteiger partial charge is 0.0313 e. The van der Waals surface area contributed by atoms with Crippen molar-refractivity contribution in [2.75, 3.05) is 11.5 Å². The predicted molar refractivity (Wildman–Crippen MR) is 77.6 cm³/mol. The van der Waals surface area contributed by atoms with Crippen LogP contribution in [-0.2, 0) is 0 Å². The Balaban J connectivity index is 0.000000247. The zero-order chi connectivity index (χ0) is 12.9. The van der Waals surface area contributed by atoms with Crippen LogP contribution in [-0.4, -0.2) is 0 Å². The molecule has 2 heteroatoms. The summed E-state index contributed by atoms with van der Waals surface area (Å²) in [6.45, 7) is 5.25. The summed E-state index contributed by atoms with van der Waals surface area (Å²) in [6.07, 6.45) is 1.75. The summed E-state index contributed by atoms with van der Waals surface area (Å²) in [5.41, 5.74) is 12.4. The molecule has 0 aliphatic heterocycles. The fourth-order valence-electron chi connectivity index (χ4n) is 0.906. The van der Waals surface area contributed by atoms with Crippen molar-refractivity contribution in [3.8, 4) is 0 Å². The van der Waals surface area contributed by atoms with Crippen LogP contribution in [0.25, 0.3) is 0 Å². The van der Waals surface area contributed by atoms with Crippen LogP contribution in [0.1, 0.15) is 6.92 Å². The van der Waals surface area contributed by atoms with Crippen LogP contribution < -0.4 is 11.5 Å². The average Bonchev–Trinajstić information content (AvgIpc) is 2.33. The SMILES string of the molecule is C=CC.Nc1ccccc1.Nc1ccccc1. The lowest BCUT2D eigenvalue weighted by Crippen LogP contribution is -1.79. The van der Waals surface area contributed by atoms with Crippen LogP contribution >= 0.6 is 0 Å². The van der Waals surface area contributed by atoms with E-state index in [0.717, 1.165) is 11.4 Å². The van der Waals surface area contributed by atoms with Crippen molar-refractivity contribution in [3.05, 3.63) is 73.3 Å². The molecular weight excluding hydrogens is 208 g/mol. The Bertz CT molecular complexity index is 345. The van der Waals surface area contributed by atoms with E-state index in [1.54, 1.807) is 6.08 Å². The van der Waals surface area contributed by atoms with Crippen LogP contribution in [0.2, 0.25) is 0 Å². The quantitative estimate of drug-likeness (QED) is 0.533. The number of para-hydroxylation sites is 2. The fraction of sp³-hybridized carbons (Fsp3) is 0.0667. The minimum atomic E-state index is 0.822. The van der Waals surface area contributed by atoms with Gasteiger partial charge in [0, 0.05) is 11.4 Å². The van der Waals surface area contributed by atoms with Crippen LogP contribution in [0.3, 0.4) is 0 Å². The van der Waals surface area contributed by atoms with Gasteiger partial charge in [0.1, 0.15) is 0 Å². The monoisotopic (exact) mass is 228 g/mol. The highest BCUT2D eigenvalue weighted by Crippen LogP contribution is 1.96. The maximum atomic E-state index is 5.36. The largest absolute Gasteiger partial charge is 0.399 e. The lowest BCUT2D eigenvalue weighted by Gasteiger charge is -1.83. The van der Waals surface area contributed by atoms with E-state index in [0.29, 0.717) is 0 Å². The molecule has 4 N–H and O–H groups in total. The van der Waals surface area contributed by atoms with E-state index in [2.05, 4.69) is 6.58 Å². The highest BCUT2D eigenvalue weighted by atomic mass is 14.5. The third kappa shape index (κ3) is 10.1. The molecule has 0 unspecified atom stereocenters. The summed E-state index contributed by atoms with van der Waals surface area (Å²) in [5, 5.41) is 0. The molecule has 0 aliphatic rings. The normalized spacial score (nSPS) is 7.82. The first-order valence-corrected chi connectivity index (χ1v) is 5.38. The first-order chi connectivity index (χ1) is 8.20. The van der Waals surface area contributed by atoms with Crippen molar-refractivity contribution in [1.29, 1.82) is 0 Å². The summed E-state index contributed by atoms with van der Waals surface area (Å²) < 4.78 is 0. The molecule has 0 aliphatic carbocycles. The van der Waals surface area contributed by atoms with Gasteiger partial charge in [-0.15, -0.1) is 6.58 Å². The summed E-state index contributed by atoms with van der Waals surface area (Å²) in [6, 6.07) is 19.0. The van der Waals surface area contributed by atoms with Crippen LogP contribution in [0, 0.1) is 0 Å². The first-order valence-electron chi connectivity index (χ1n) is 5.38. The molecule has 0 atom stereocenters. The van der Waals surface area contributed by atoms with Gasteiger partial charge >= 0.3 is 0 Å². The molecule has 2 aromatic rings. The lowest BCUT2D eigenvalue weighted by atomic mass is 10.3. The Hall–Kier alpha value is -2.22. The van der Waals surface area contributed by atoms with Crippen LogP contribution in [0.5, 0.6) is 0 Å². The van der Waals surface area contributed by atoms with E-state index in [4.69, 9.17) is 11.5 Å². The second-order valence-corrected chi connectivity index (χ2v) is 3.23. The van der Waals surface area contributed by atoms with E-state index >= 15 is 0 Å². The van der Waals surface area contributed by atoms with Gasteiger partial charge < -0.3 is 11.5 Å². The van der Waals surface area contributed by atoms with E-state index in [1.807, 2.05) is 67.6 Å². The first kappa shape index (κ1) is 14.8. The number of benzene rings is 2. The van der Waals surface area contributed by atoms with Gasteiger partial charge in [0.05, 0.1) is 0 Å². The summed E-state index contributed by atoms with van der Waals surface area (Å²) >= 11 is 0. The van der Waals surface area contributed by atoms with Gasteiger partial charge in [-0.25, -0.2) is 0 Å². The summed E-state index contributed by atoms with van der Waals surface area (Å²) in [5.74, 6) is 0. The van der Waals surface area contributed by atoms with Gasteiger partial charge in [-0.1, -0.05) is 42.5 Å². The Kier molecular flexibility index (Phi) is 8.96. The zero-order valence-electron chi connectivity index (χ0n) is 10.2. The number of rotatable bonds is 0. The van der Waals surface area contributed by atoms with Crippen LogP contribution in [0.15, 0.2) is 73.3 Å². The topological polar surface area (TPSA) is 52.0 Å². The van der Waals surface area contributed by atoms with Crippen molar-refractivity contribution in [2.45, 2.75) is 6.92 Å². The molecule has 0 amide bonds. The van der Waals surface area contributed by atoms with Gasteiger partial charge in [0.15, 0.2) is 0 Å². The van der Waals surface area contributed by atoms with E-state index in [1.165, 1.54) is 0 Å². The van der Waals surface area contributed by atoms with Gasteiger partial charge in [0.2, 0.25) is 0 Å². The van der Waals surface area contributed by atoms with Gasteiger partial charge in [-0.05, 0) is 31.2 Å². The minimum Gasteiger partial charge on any atom is -0.399 e. The highest BCUT2D eigenvalue weighted by Gasteiger charge is 1.72. The number of hydrogen-bond acceptors (Lipinski definition) is 2. The second-order valence-electron chi connectivity index (χ2n) is 3.23. The second kappa shape index (κ2) is 10.3. The van der Waals surface area contributed by atoms with E-state index in [9.17, 15) is 0 Å². The molecule has 0 saturated heterocycles. The molecule has 2 aromatic carbocycles. The third-order valence-corrected chi connectivity index (χ3v) is 1.60. The fourth-order valence-corrected chi connectivity index (χ4v) is 0.906. The van der Waals surface area contributed by atoms with E-state index in [-0.39, 0.29) is 0 Å². The Morgan fingerprint density at radius 3 is 1.12 bits per heavy atom. The number of nitrogen functional groups attached to an aromatic ring is 2. The summed E-state index contributed by atoms with van der Waals surface area (Å²) in [4.78, 5) is 0. The number of allylic oxidation sites excluding steroid dienone is 1. The average molecular weight is 228 g/mol. The molecule has 0 bridgehead atoms. The van der Waals surface area contributed by atoms with Crippen LogP contribution in [0.4, 0.5) is 11.4 Å². The molecule has 17 heavy (non-hydrogen) atoms.